The van der Waals surface area contributed by atoms with Crippen molar-refractivity contribution in [2.75, 3.05) is 26.9 Å². The minimum absolute atomic E-state index is 0.0868. The molecule has 2 atom stereocenters. The third-order valence-corrected chi connectivity index (χ3v) is 3.10. The second kappa shape index (κ2) is 6.00. The third-order valence-electron chi connectivity index (χ3n) is 3.10. The average molecular weight is 236 g/mol. The minimum Gasteiger partial charge on any atom is -0.497 e. The molecule has 0 saturated carbocycles. The molecule has 0 aromatic heterocycles. The van der Waals surface area contributed by atoms with Gasteiger partial charge >= 0.3 is 0 Å². The SMILES string of the molecule is COc1ccc(CC(N)C2COCCN2)cc1. The minimum atomic E-state index is 0.0868. The highest BCUT2D eigenvalue weighted by atomic mass is 16.5. The summed E-state index contributed by atoms with van der Waals surface area (Å²) in [5, 5.41) is 3.39. The Balaban J connectivity index is 1.89. The van der Waals surface area contributed by atoms with Crippen LogP contribution in [0.4, 0.5) is 0 Å². The standard InChI is InChI=1S/C13H20N2O2/c1-16-11-4-2-10(3-5-11)8-12(14)13-9-17-7-6-15-13/h2-5,12-13,15H,6-9,14H2,1H3. The van der Waals surface area contributed by atoms with Gasteiger partial charge in [-0.2, -0.15) is 0 Å². The van der Waals surface area contributed by atoms with Gasteiger partial charge in [0, 0.05) is 18.6 Å². The van der Waals surface area contributed by atoms with Gasteiger partial charge in [0.25, 0.3) is 0 Å². The zero-order chi connectivity index (χ0) is 12.1. The van der Waals surface area contributed by atoms with Gasteiger partial charge in [-0.3, -0.25) is 0 Å². The van der Waals surface area contributed by atoms with Gasteiger partial charge in [0.05, 0.1) is 20.3 Å². The van der Waals surface area contributed by atoms with E-state index in [-0.39, 0.29) is 12.1 Å². The van der Waals surface area contributed by atoms with Crippen LogP contribution in [0.3, 0.4) is 0 Å². The summed E-state index contributed by atoms with van der Waals surface area (Å²) in [5.41, 5.74) is 7.40. The summed E-state index contributed by atoms with van der Waals surface area (Å²) in [6.45, 7) is 2.38. The van der Waals surface area contributed by atoms with E-state index in [1.165, 1.54) is 5.56 Å². The van der Waals surface area contributed by atoms with Crippen LogP contribution in [0, 0.1) is 0 Å². The molecule has 1 saturated heterocycles. The summed E-state index contributed by atoms with van der Waals surface area (Å²) in [6.07, 6.45) is 0.852. The quantitative estimate of drug-likeness (QED) is 0.802. The molecular weight excluding hydrogens is 216 g/mol. The van der Waals surface area contributed by atoms with Gasteiger partial charge in [0.1, 0.15) is 5.75 Å². The van der Waals surface area contributed by atoms with Gasteiger partial charge in [0.15, 0.2) is 0 Å². The van der Waals surface area contributed by atoms with Crippen LogP contribution in [0.15, 0.2) is 24.3 Å². The second-order valence-corrected chi connectivity index (χ2v) is 4.35. The Kier molecular flexibility index (Phi) is 4.36. The van der Waals surface area contributed by atoms with E-state index in [4.69, 9.17) is 15.2 Å². The number of nitrogens with one attached hydrogen (secondary N) is 1. The fourth-order valence-corrected chi connectivity index (χ4v) is 2.04. The van der Waals surface area contributed by atoms with Crippen LogP contribution in [0.5, 0.6) is 5.75 Å². The van der Waals surface area contributed by atoms with Crippen LogP contribution in [-0.2, 0) is 11.2 Å². The van der Waals surface area contributed by atoms with Crippen molar-refractivity contribution in [3.63, 3.8) is 0 Å². The molecule has 4 heteroatoms. The first-order valence-corrected chi connectivity index (χ1v) is 5.99. The zero-order valence-corrected chi connectivity index (χ0v) is 10.2. The molecule has 1 fully saturated rings. The Morgan fingerprint density at radius 3 is 2.82 bits per heavy atom. The van der Waals surface area contributed by atoms with Gasteiger partial charge in [-0.05, 0) is 24.1 Å². The van der Waals surface area contributed by atoms with E-state index in [2.05, 4.69) is 17.4 Å². The first kappa shape index (κ1) is 12.4. The molecular formula is C13H20N2O2. The Morgan fingerprint density at radius 1 is 1.47 bits per heavy atom. The fourth-order valence-electron chi connectivity index (χ4n) is 2.04. The smallest absolute Gasteiger partial charge is 0.118 e. The first-order valence-electron chi connectivity index (χ1n) is 5.99. The molecule has 1 aliphatic rings. The van der Waals surface area contributed by atoms with Crippen LogP contribution in [0.25, 0.3) is 0 Å². The molecule has 1 heterocycles. The van der Waals surface area contributed by atoms with E-state index < -0.39 is 0 Å². The molecule has 0 bridgehead atoms. The lowest BCUT2D eigenvalue weighted by Gasteiger charge is -2.29. The fraction of sp³-hybridized carbons (Fsp3) is 0.538. The molecule has 1 aliphatic heterocycles. The molecule has 0 amide bonds. The average Bonchev–Trinajstić information content (AvgIpc) is 2.40. The highest BCUT2D eigenvalue weighted by Crippen LogP contribution is 2.13. The van der Waals surface area contributed by atoms with Crippen molar-refractivity contribution in [3.8, 4) is 5.75 Å². The van der Waals surface area contributed by atoms with E-state index in [1.807, 2.05) is 12.1 Å². The highest BCUT2D eigenvalue weighted by Gasteiger charge is 2.20. The van der Waals surface area contributed by atoms with Crippen molar-refractivity contribution in [2.45, 2.75) is 18.5 Å². The summed E-state index contributed by atoms with van der Waals surface area (Å²) in [6, 6.07) is 8.39. The molecule has 3 N–H and O–H groups in total. The number of hydrogen-bond donors (Lipinski definition) is 2. The summed E-state index contributed by atoms with van der Waals surface area (Å²) in [4.78, 5) is 0. The van der Waals surface area contributed by atoms with Gasteiger partial charge in [0.2, 0.25) is 0 Å². The lowest BCUT2D eigenvalue weighted by molar-refractivity contribution is 0.0686. The van der Waals surface area contributed by atoms with E-state index >= 15 is 0 Å². The maximum absolute atomic E-state index is 6.18. The normalized spacial score (nSPS) is 22.1. The number of rotatable bonds is 4. The molecule has 0 aliphatic carbocycles. The van der Waals surface area contributed by atoms with Crippen LogP contribution < -0.4 is 15.8 Å². The lowest BCUT2D eigenvalue weighted by Crippen LogP contribution is -2.53. The van der Waals surface area contributed by atoms with Crippen LogP contribution in [0.2, 0.25) is 0 Å². The summed E-state index contributed by atoms with van der Waals surface area (Å²) < 4.78 is 10.5. The number of morpholine rings is 1. The Hall–Kier alpha value is -1.10. The molecule has 94 valence electrons. The number of hydrogen-bond acceptors (Lipinski definition) is 4. The van der Waals surface area contributed by atoms with Crippen molar-refractivity contribution in [1.29, 1.82) is 0 Å². The maximum atomic E-state index is 6.18. The molecule has 1 aromatic rings. The highest BCUT2D eigenvalue weighted by molar-refractivity contribution is 5.27. The van der Waals surface area contributed by atoms with Crippen molar-refractivity contribution in [3.05, 3.63) is 29.8 Å². The molecule has 0 spiro atoms. The summed E-state index contributed by atoms with van der Waals surface area (Å²) in [5.74, 6) is 0.876. The van der Waals surface area contributed by atoms with E-state index in [0.29, 0.717) is 6.61 Å². The zero-order valence-electron chi connectivity index (χ0n) is 10.2. The van der Waals surface area contributed by atoms with Crippen molar-refractivity contribution in [1.82, 2.24) is 5.32 Å². The Bertz CT molecular complexity index is 334. The number of benzene rings is 1. The second-order valence-electron chi connectivity index (χ2n) is 4.35. The Labute approximate surface area is 102 Å². The molecule has 4 nitrogen and oxygen atoms in total. The van der Waals surface area contributed by atoms with E-state index in [9.17, 15) is 0 Å². The number of methoxy groups -OCH3 is 1. The third kappa shape index (κ3) is 3.43. The molecule has 1 aromatic carbocycles. The molecule has 2 unspecified atom stereocenters. The van der Waals surface area contributed by atoms with Crippen molar-refractivity contribution >= 4 is 0 Å². The lowest BCUT2D eigenvalue weighted by atomic mass is 10.00. The monoisotopic (exact) mass is 236 g/mol. The first-order chi connectivity index (χ1) is 8.29. The van der Waals surface area contributed by atoms with Crippen molar-refractivity contribution < 1.29 is 9.47 Å². The topological polar surface area (TPSA) is 56.5 Å². The van der Waals surface area contributed by atoms with Gasteiger partial charge in [-0.25, -0.2) is 0 Å². The predicted molar refractivity (Wildman–Crippen MR) is 67.3 cm³/mol. The van der Waals surface area contributed by atoms with Gasteiger partial charge in [-0.1, -0.05) is 12.1 Å². The molecule has 2 rings (SSSR count). The summed E-state index contributed by atoms with van der Waals surface area (Å²) in [7, 11) is 1.67. The van der Waals surface area contributed by atoms with Crippen LogP contribution in [0.1, 0.15) is 5.56 Å². The van der Waals surface area contributed by atoms with Crippen LogP contribution >= 0.6 is 0 Å². The Morgan fingerprint density at radius 2 is 2.24 bits per heavy atom. The number of ether oxygens (including phenoxy) is 2. The van der Waals surface area contributed by atoms with E-state index in [1.54, 1.807) is 7.11 Å². The summed E-state index contributed by atoms with van der Waals surface area (Å²) >= 11 is 0. The maximum Gasteiger partial charge on any atom is 0.118 e. The molecule has 0 radical (unpaired) electrons. The van der Waals surface area contributed by atoms with E-state index in [0.717, 1.165) is 25.3 Å². The van der Waals surface area contributed by atoms with Gasteiger partial charge < -0.3 is 20.5 Å². The largest absolute Gasteiger partial charge is 0.497 e. The van der Waals surface area contributed by atoms with Gasteiger partial charge in [-0.15, -0.1) is 0 Å². The number of nitrogens with two attached hydrogens (primary N) is 1. The van der Waals surface area contributed by atoms with Crippen LogP contribution in [-0.4, -0.2) is 39.0 Å². The predicted octanol–water partition coefficient (Wildman–Crippen LogP) is 0.553. The molecule has 17 heavy (non-hydrogen) atoms. The van der Waals surface area contributed by atoms with Crippen molar-refractivity contribution in [2.24, 2.45) is 5.73 Å².